The van der Waals surface area contributed by atoms with Gasteiger partial charge in [-0.25, -0.2) is 9.78 Å². The third-order valence-electron chi connectivity index (χ3n) is 5.73. The number of aliphatic hydroxyl groups excluding tert-OH is 1. The lowest BCUT2D eigenvalue weighted by Crippen LogP contribution is -2.17. The highest BCUT2D eigenvalue weighted by Crippen LogP contribution is 2.38. The highest BCUT2D eigenvalue weighted by molar-refractivity contribution is 5.95. The molecule has 0 amide bonds. The summed E-state index contributed by atoms with van der Waals surface area (Å²) in [4.78, 5) is 25.5. The second kappa shape index (κ2) is 8.80. The van der Waals surface area contributed by atoms with Gasteiger partial charge in [-0.15, -0.1) is 0 Å². The minimum Gasteiger partial charge on any atom is -0.451 e. The highest BCUT2D eigenvalue weighted by Gasteiger charge is 2.37. The Labute approximate surface area is 201 Å². The molecule has 178 valence electrons. The lowest BCUT2D eigenvalue weighted by Gasteiger charge is -2.20. The van der Waals surface area contributed by atoms with Gasteiger partial charge in [-0.2, -0.15) is 9.97 Å². The Morgan fingerprint density at radius 3 is 2.60 bits per heavy atom. The summed E-state index contributed by atoms with van der Waals surface area (Å²) in [6, 6.07) is 14.5. The third-order valence-corrected chi connectivity index (χ3v) is 5.73. The average Bonchev–Trinajstić information content (AvgIpc) is 3.37. The van der Waals surface area contributed by atoms with Gasteiger partial charge in [-0.05, 0) is 44.5 Å². The van der Waals surface area contributed by atoms with Crippen LogP contribution in [0, 0.1) is 6.92 Å². The van der Waals surface area contributed by atoms with Crippen LogP contribution in [0.3, 0.4) is 0 Å². The van der Waals surface area contributed by atoms with Crippen molar-refractivity contribution in [2.24, 2.45) is 0 Å². The van der Waals surface area contributed by atoms with E-state index in [1.54, 1.807) is 25.3 Å². The van der Waals surface area contributed by atoms with Crippen LogP contribution in [0.25, 0.3) is 11.5 Å². The number of anilines is 3. The molecule has 10 nitrogen and oxygen atoms in total. The normalized spacial score (nSPS) is 14.8. The Kier molecular flexibility index (Phi) is 5.65. The largest absolute Gasteiger partial charge is 0.451 e. The molecule has 0 saturated heterocycles. The molecule has 0 saturated carbocycles. The minimum atomic E-state index is -0.721. The molecule has 0 fully saturated rings. The average molecular weight is 473 g/mol. The maximum absolute atomic E-state index is 12.1. The summed E-state index contributed by atoms with van der Waals surface area (Å²) in [6.07, 6.45) is 1.58. The van der Waals surface area contributed by atoms with Crippen molar-refractivity contribution in [3.05, 3.63) is 77.2 Å². The number of aryl methyl sites for hydroxylation is 1. The lowest BCUT2D eigenvalue weighted by atomic mass is 9.95. The number of carbonyl (C=O) groups is 1. The molecule has 0 radical (unpaired) electrons. The van der Waals surface area contributed by atoms with Crippen LogP contribution in [0.2, 0.25) is 0 Å². The second-order valence-electron chi connectivity index (χ2n) is 8.68. The van der Waals surface area contributed by atoms with E-state index in [-0.39, 0.29) is 18.5 Å². The summed E-state index contributed by atoms with van der Waals surface area (Å²) >= 11 is 0. The number of ether oxygens (including phenoxy) is 1. The van der Waals surface area contributed by atoms with Crippen LogP contribution in [0.1, 0.15) is 47.2 Å². The molecule has 4 aromatic rings. The van der Waals surface area contributed by atoms with Crippen LogP contribution in [0.15, 0.2) is 59.3 Å². The molecule has 10 heteroatoms. The van der Waals surface area contributed by atoms with Gasteiger partial charge in [0, 0.05) is 17.4 Å². The first-order valence-corrected chi connectivity index (χ1v) is 11.1. The molecular weight excluding hydrogens is 448 g/mol. The fraction of sp³-hybridized carbons (Fsp3) is 0.240. The van der Waals surface area contributed by atoms with Gasteiger partial charge in [0.25, 0.3) is 5.89 Å². The number of benzene rings is 2. The molecule has 0 aliphatic carbocycles. The van der Waals surface area contributed by atoms with Crippen LogP contribution in [-0.2, 0) is 10.3 Å². The van der Waals surface area contributed by atoms with Gasteiger partial charge in [0.15, 0.2) is 5.82 Å². The van der Waals surface area contributed by atoms with E-state index < -0.39 is 11.6 Å². The molecular formula is C25H24N6O4. The SMILES string of the molecule is Cc1noc(-c2cnc(Nc3ccc4c(c3)C(C)(C)OC4=O)nc2NC(CO)c2ccccc2)n1. The van der Waals surface area contributed by atoms with Crippen molar-refractivity contribution < 1.29 is 19.2 Å². The molecule has 1 aliphatic rings. The van der Waals surface area contributed by atoms with Crippen molar-refractivity contribution in [3.63, 3.8) is 0 Å². The van der Waals surface area contributed by atoms with E-state index in [1.165, 1.54) is 0 Å². The maximum atomic E-state index is 12.1. The van der Waals surface area contributed by atoms with Gasteiger partial charge in [0.05, 0.1) is 18.2 Å². The number of esters is 1. The monoisotopic (exact) mass is 472 g/mol. The van der Waals surface area contributed by atoms with E-state index in [1.807, 2.05) is 50.2 Å². The summed E-state index contributed by atoms with van der Waals surface area (Å²) in [5, 5.41) is 20.4. The first kappa shape index (κ1) is 22.5. The number of hydrogen-bond donors (Lipinski definition) is 3. The van der Waals surface area contributed by atoms with Crippen molar-refractivity contribution in [1.82, 2.24) is 20.1 Å². The highest BCUT2D eigenvalue weighted by atomic mass is 16.6. The number of rotatable bonds is 7. The molecule has 3 heterocycles. The maximum Gasteiger partial charge on any atom is 0.339 e. The van der Waals surface area contributed by atoms with Crippen molar-refractivity contribution in [2.75, 3.05) is 17.2 Å². The first-order chi connectivity index (χ1) is 16.8. The Hall–Kier alpha value is -4.31. The molecule has 0 bridgehead atoms. The molecule has 0 spiro atoms. The summed E-state index contributed by atoms with van der Waals surface area (Å²) in [5.74, 6) is 1.12. The number of aliphatic hydroxyl groups is 1. The molecule has 5 rings (SSSR count). The van der Waals surface area contributed by atoms with Gasteiger partial charge in [0.1, 0.15) is 17.0 Å². The van der Waals surface area contributed by atoms with Crippen LogP contribution < -0.4 is 10.6 Å². The van der Waals surface area contributed by atoms with Crippen molar-refractivity contribution in [3.8, 4) is 11.5 Å². The smallest absolute Gasteiger partial charge is 0.339 e. The predicted octanol–water partition coefficient (Wildman–Crippen LogP) is 4.13. The number of nitrogens with one attached hydrogen (secondary N) is 2. The van der Waals surface area contributed by atoms with Crippen LogP contribution in [-0.4, -0.2) is 37.8 Å². The van der Waals surface area contributed by atoms with Crippen LogP contribution in [0.5, 0.6) is 0 Å². The Morgan fingerprint density at radius 2 is 1.89 bits per heavy atom. The van der Waals surface area contributed by atoms with E-state index in [9.17, 15) is 9.90 Å². The Bertz CT molecular complexity index is 1390. The van der Waals surface area contributed by atoms with Gasteiger partial charge in [-0.3, -0.25) is 0 Å². The molecule has 2 aromatic heterocycles. The number of cyclic esters (lactones) is 1. The molecule has 3 N–H and O–H groups in total. The van der Waals surface area contributed by atoms with Crippen LogP contribution >= 0.6 is 0 Å². The standard InChI is InChI=1S/C25H24N6O4/c1-14-27-22(35-31-14)18-12-26-24(30-21(18)29-20(13-32)15-7-5-4-6-8-15)28-16-9-10-17-19(11-16)25(2,3)34-23(17)33/h4-12,20,32H,13H2,1-3H3,(H2,26,28,29,30). The van der Waals surface area contributed by atoms with E-state index in [2.05, 4.69) is 30.7 Å². The number of aromatic nitrogens is 4. The van der Waals surface area contributed by atoms with E-state index in [4.69, 9.17) is 9.26 Å². The molecule has 1 unspecified atom stereocenters. The number of carbonyl (C=O) groups excluding carboxylic acids is 1. The lowest BCUT2D eigenvalue weighted by molar-refractivity contribution is 0.00954. The first-order valence-electron chi connectivity index (χ1n) is 11.1. The molecule has 1 atom stereocenters. The summed E-state index contributed by atoms with van der Waals surface area (Å²) in [5.41, 5.74) is 2.69. The fourth-order valence-electron chi connectivity index (χ4n) is 3.97. The fourth-order valence-corrected chi connectivity index (χ4v) is 3.97. The molecule has 2 aromatic carbocycles. The number of nitrogens with zero attached hydrogens (tertiary/aromatic N) is 4. The van der Waals surface area contributed by atoms with Gasteiger partial charge in [0.2, 0.25) is 5.95 Å². The molecule has 1 aliphatic heterocycles. The van der Waals surface area contributed by atoms with Crippen molar-refractivity contribution in [2.45, 2.75) is 32.4 Å². The zero-order valence-electron chi connectivity index (χ0n) is 19.4. The minimum absolute atomic E-state index is 0.160. The Morgan fingerprint density at radius 1 is 1.09 bits per heavy atom. The zero-order chi connectivity index (χ0) is 24.6. The third kappa shape index (κ3) is 4.43. The summed E-state index contributed by atoms with van der Waals surface area (Å²) < 4.78 is 10.8. The number of fused-ring (bicyclic) bond motifs is 1. The second-order valence-corrected chi connectivity index (χ2v) is 8.68. The van der Waals surface area contributed by atoms with Gasteiger partial charge < -0.3 is 25.0 Å². The quantitative estimate of drug-likeness (QED) is 0.337. The van der Waals surface area contributed by atoms with Crippen LogP contribution in [0.4, 0.5) is 17.5 Å². The predicted molar refractivity (Wildman–Crippen MR) is 128 cm³/mol. The molecule has 35 heavy (non-hydrogen) atoms. The Balaban J connectivity index is 1.50. The van der Waals surface area contributed by atoms with Crippen molar-refractivity contribution >= 4 is 23.4 Å². The van der Waals surface area contributed by atoms with Gasteiger partial charge >= 0.3 is 5.97 Å². The topological polar surface area (TPSA) is 135 Å². The van der Waals surface area contributed by atoms with E-state index >= 15 is 0 Å². The van der Waals surface area contributed by atoms with E-state index in [0.717, 1.165) is 11.1 Å². The van der Waals surface area contributed by atoms with Crippen molar-refractivity contribution in [1.29, 1.82) is 0 Å². The summed E-state index contributed by atoms with van der Waals surface area (Å²) in [6.45, 7) is 5.26. The van der Waals surface area contributed by atoms with Gasteiger partial charge in [-0.1, -0.05) is 35.5 Å². The summed E-state index contributed by atoms with van der Waals surface area (Å²) in [7, 11) is 0. The number of hydrogen-bond acceptors (Lipinski definition) is 10. The zero-order valence-corrected chi connectivity index (χ0v) is 19.4. The van der Waals surface area contributed by atoms with E-state index in [0.29, 0.717) is 34.4 Å².